The Bertz CT molecular complexity index is 1240. The van der Waals surface area contributed by atoms with E-state index in [1.54, 1.807) is 0 Å². The number of alkyl halides is 3. The number of halogens is 3. The quantitative estimate of drug-likeness (QED) is 0.562. The number of aryl methyl sites for hydroxylation is 1. The molecule has 0 aromatic carbocycles. The van der Waals surface area contributed by atoms with Crippen LogP contribution in [0.2, 0.25) is 0 Å². The van der Waals surface area contributed by atoms with Gasteiger partial charge in [0.2, 0.25) is 0 Å². The Morgan fingerprint density at radius 1 is 1.27 bits per heavy atom. The third-order valence-corrected chi connectivity index (χ3v) is 4.03. The number of aliphatic carboxylic acids is 1. The maximum Gasteiger partial charge on any atom is 0.433 e. The van der Waals surface area contributed by atoms with E-state index in [0.717, 1.165) is 17.0 Å². The van der Waals surface area contributed by atoms with Crippen LogP contribution < -0.4 is 10.9 Å². The molecule has 0 saturated heterocycles. The van der Waals surface area contributed by atoms with Gasteiger partial charge in [0.15, 0.2) is 5.82 Å². The highest BCUT2D eigenvalue weighted by molar-refractivity contribution is 6.03. The number of pyridine rings is 2. The van der Waals surface area contributed by atoms with Crippen LogP contribution in [0.5, 0.6) is 5.75 Å². The lowest BCUT2D eigenvalue weighted by molar-refractivity contribution is -0.141. The van der Waals surface area contributed by atoms with Crippen molar-refractivity contribution in [2.75, 3.05) is 6.54 Å². The minimum absolute atomic E-state index is 0.0144. The molecule has 0 aliphatic carbocycles. The largest absolute Gasteiger partial charge is 0.506 e. The van der Waals surface area contributed by atoms with E-state index in [-0.39, 0.29) is 22.4 Å². The Labute approximate surface area is 164 Å². The molecular formula is C17H12F3N5O5. The zero-order chi connectivity index (χ0) is 22.2. The molecule has 0 saturated carbocycles. The zero-order valence-corrected chi connectivity index (χ0v) is 15.1. The normalized spacial score (nSPS) is 11.5. The molecule has 3 heterocycles. The van der Waals surface area contributed by atoms with E-state index < -0.39 is 47.2 Å². The predicted molar refractivity (Wildman–Crippen MR) is 94.6 cm³/mol. The second-order valence-electron chi connectivity index (χ2n) is 6.02. The van der Waals surface area contributed by atoms with Gasteiger partial charge in [0.25, 0.3) is 11.5 Å². The first kappa shape index (κ1) is 20.7. The van der Waals surface area contributed by atoms with Gasteiger partial charge in [-0.1, -0.05) is 0 Å². The number of nitrogens with zero attached hydrogens (tertiary/aromatic N) is 4. The number of nitrogens with one attached hydrogen (secondary N) is 1. The molecule has 3 aromatic rings. The highest BCUT2D eigenvalue weighted by Gasteiger charge is 2.33. The monoisotopic (exact) mass is 423 g/mol. The third-order valence-electron chi connectivity index (χ3n) is 4.03. The van der Waals surface area contributed by atoms with Crippen molar-refractivity contribution in [3.8, 4) is 17.1 Å². The fourth-order valence-electron chi connectivity index (χ4n) is 2.63. The summed E-state index contributed by atoms with van der Waals surface area (Å²) in [7, 11) is 1.26. The van der Waals surface area contributed by atoms with Crippen molar-refractivity contribution in [1.29, 1.82) is 0 Å². The molecule has 0 atom stereocenters. The van der Waals surface area contributed by atoms with Gasteiger partial charge in [-0.05, 0) is 12.1 Å². The van der Waals surface area contributed by atoms with Crippen molar-refractivity contribution in [1.82, 2.24) is 24.8 Å². The van der Waals surface area contributed by atoms with Gasteiger partial charge in [0.1, 0.15) is 29.2 Å². The molecule has 30 heavy (non-hydrogen) atoms. The Hall–Kier alpha value is -4.03. The van der Waals surface area contributed by atoms with Gasteiger partial charge in [-0.3, -0.25) is 19.0 Å². The lowest BCUT2D eigenvalue weighted by Gasteiger charge is -2.12. The smallest absolute Gasteiger partial charge is 0.433 e. The van der Waals surface area contributed by atoms with Crippen LogP contribution >= 0.6 is 0 Å². The molecule has 0 radical (unpaired) electrons. The molecule has 3 rings (SSSR count). The van der Waals surface area contributed by atoms with Gasteiger partial charge in [-0.25, -0.2) is 15.0 Å². The summed E-state index contributed by atoms with van der Waals surface area (Å²) in [6.07, 6.45) is -2.69. The number of rotatable bonds is 4. The van der Waals surface area contributed by atoms with Crippen molar-refractivity contribution in [3.05, 3.63) is 46.1 Å². The molecule has 0 aliphatic rings. The van der Waals surface area contributed by atoms with Gasteiger partial charge in [0, 0.05) is 25.0 Å². The van der Waals surface area contributed by atoms with Crippen molar-refractivity contribution in [2.45, 2.75) is 6.18 Å². The van der Waals surface area contributed by atoms with Gasteiger partial charge >= 0.3 is 12.1 Å². The topological polar surface area (TPSA) is 147 Å². The summed E-state index contributed by atoms with van der Waals surface area (Å²) >= 11 is 0. The molecule has 3 N–H and O–H groups in total. The summed E-state index contributed by atoms with van der Waals surface area (Å²) in [4.78, 5) is 46.4. The maximum atomic E-state index is 12.9. The lowest BCUT2D eigenvalue weighted by Crippen LogP contribution is -2.35. The number of carboxylic acid groups (broad SMARTS) is 1. The summed E-state index contributed by atoms with van der Waals surface area (Å²) < 4.78 is 39.6. The molecule has 156 valence electrons. The number of hydrogen-bond acceptors (Lipinski definition) is 7. The van der Waals surface area contributed by atoms with Crippen molar-refractivity contribution >= 4 is 22.9 Å². The van der Waals surface area contributed by atoms with Gasteiger partial charge in [0.05, 0.1) is 5.39 Å². The van der Waals surface area contributed by atoms with Crippen LogP contribution in [0.25, 0.3) is 22.4 Å². The number of fused-ring (bicyclic) bond motifs is 1. The predicted octanol–water partition coefficient (Wildman–Crippen LogP) is 0.929. The van der Waals surface area contributed by atoms with Crippen LogP contribution in [-0.4, -0.2) is 48.2 Å². The first-order chi connectivity index (χ1) is 14.0. The van der Waals surface area contributed by atoms with Crippen molar-refractivity contribution in [2.24, 2.45) is 7.05 Å². The average molecular weight is 423 g/mol. The first-order valence-electron chi connectivity index (χ1n) is 8.13. The van der Waals surface area contributed by atoms with Crippen molar-refractivity contribution in [3.63, 3.8) is 0 Å². The van der Waals surface area contributed by atoms with E-state index in [0.29, 0.717) is 6.07 Å². The van der Waals surface area contributed by atoms with Crippen LogP contribution in [0.3, 0.4) is 0 Å². The highest BCUT2D eigenvalue weighted by atomic mass is 19.4. The molecule has 0 spiro atoms. The number of aromatic nitrogens is 4. The average Bonchev–Trinajstić information content (AvgIpc) is 2.70. The van der Waals surface area contributed by atoms with Crippen LogP contribution in [0.4, 0.5) is 13.2 Å². The molecule has 0 aliphatic heterocycles. The van der Waals surface area contributed by atoms with Crippen molar-refractivity contribution < 1.29 is 33.0 Å². The molecule has 13 heteroatoms. The van der Waals surface area contributed by atoms with Gasteiger partial charge in [-0.15, -0.1) is 0 Å². The fraction of sp³-hybridized carbons (Fsp3) is 0.176. The summed E-state index contributed by atoms with van der Waals surface area (Å²) in [6, 6.07) is 1.85. The number of aromatic hydroxyl groups is 1. The highest BCUT2D eigenvalue weighted by Crippen LogP contribution is 2.31. The molecule has 10 nitrogen and oxygen atoms in total. The summed E-state index contributed by atoms with van der Waals surface area (Å²) in [6.45, 7) is -0.796. The number of carbonyl (C=O) groups excluding carboxylic acids is 1. The molecule has 0 fully saturated rings. The molecule has 0 unspecified atom stereocenters. The molecular weight excluding hydrogens is 411 g/mol. The fourth-order valence-corrected chi connectivity index (χ4v) is 2.63. The van der Waals surface area contributed by atoms with E-state index in [2.05, 4.69) is 15.0 Å². The second kappa shape index (κ2) is 7.42. The summed E-state index contributed by atoms with van der Waals surface area (Å²) in [5.41, 5.74) is -2.96. The lowest BCUT2D eigenvalue weighted by atomic mass is 10.1. The Morgan fingerprint density at radius 3 is 2.60 bits per heavy atom. The van der Waals surface area contributed by atoms with E-state index in [9.17, 15) is 32.7 Å². The van der Waals surface area contributed by atoms with E-state index in [4.69, 9.17) is 5.11 Å². The Kier molecular flexibility index (Phi) is 5.12. The minimum atomic E-state index is -4.70. The van der Waals surface area contributed by atoms with Crippen LogP contribution in [0, 0.1) is 0 Å². The van der Waals surface area contributed by atoms with Crippen LogP contribution in [0.15, 0.2) is 29.3 Å². The SMILES string of the molecule is Cn1c(=O)c(C(=O)NCC(=O)O)c(O)c2cc(-c3nccc(C(F)(F)F)n3)cnc21. The Morgan fingerprint density at radius 2 is 1.97 bits per heavy atom. The number of carboxylic acids is 1. The maximum absolute atomic E-state index is 12.9. The summed E-state index contributed by atoms with van der Waals surface area (Å²) in [5.74, 6) is -3.66. The standard InChI is InChI=1S/C17H12F3N5O5/c1-25-14-8(12(28)11(16(25)30)15(29)23-6-10(26)27)4-7(5-22-14)13-21-3-2-9(24-13)17(18,19)20/h2-5,28H,6H2,1H3,(H,23,29)(H,26,27). The van der Waals surface area contributed by atoms with Crippen LogP contribution in [0.1, 0.15) is 16.1 Å². The van der Waals surface area contributed by atoms with E-state index >= 15 is 0 Å². The number of hydrogen-bond donors (Lipinski definition) is 3. The van der Waals surface area contributed by atoms with Gasteiger partial charge < -0.3 is 15.5 Å². The van der Waals surface area contributed by atoms with E-state index in [1.165, 1.54) is 13.1 Å². The number of amides is 1. The molecule has 3 aromatic heterocycles. The van der Waals surface area contributed by atoms with E-state index in [1.807, 2.05) is 5.32 Å². The molecule has 0 bridgehead atoms. The van der Waals surface area contributed by atoms with Gasteiger partial charge in [-0.2, -0.15) is 13.2 Å². The Balaban J connectivity index is 2.18. The minimum Gasteiger partial charge on any atom is -0.506 e. The summed E-state index contributed by atoms with van der Waals surface area (Å²) in [5, 5.41) is 20.9. The molecule has 1 amide bonds. The second-order valence-corrected chi connectivity index (χ2v) is 6.02. The zero-order valence-electron chi connectivity index (χ0n) is 15.1. The first-order valence-corrected chi connectivity index (χ1v) is 8.13. The third kappa shape index (κ3) is 3.76. The number of carbonyl (C=O) groups is 2. The van der Waals surface area contributed by atoms with Crippen LogP contribution in [-0.2, 0) is 18.0 Å².